The highest BCUT2D eigenvalue weighted by atomic mass is 15.0. The lowest BCUT2D eigenvalue weighted by atomic mass is 9.98. The van der Waals surface area contributed by atoms with E-state index in [0.717, 1.165) is 44.6 Å². The third-order valence-corrected chi connectivity index (χ3v) is 8.14. The van der Waals surface area contributed by atoms with E-state index in [1.807, 2.05) is 12.1 Å². The van der Waals surface area contributed by atoms with E-state index in [-0.39, 0.29) is 0 Å². The molecule has 4 heteroatoms. The highest BCUT2D eigenvalue weighted by molar-refractivity contribution is 6.11. The largest absolute Gasteiger partial charge is 0.309 e. The van der Waals surface area contributed by atoms with Crippen LogP contribution in [0.4, 0.5) is 0 Å². The van der Waals surface area contributed by atoms with Gasteiger partial charge in [-0.3, -0.25) is 0 Å². The van der Waals surface area contributed by atoms with Crippen molar-refractivity contribution < 1.29 is 0 Å². The number of rotatable bonds is 3. The van der Waals surface area contributed by atoms with Crippen molar-refractivity contribution in [2.24, 2.45) is 0 Å². The Morgan fingerprint density at radius 3 is 1.31 bits per heavy atom. The molecule has 0 aliphatic carbocycles. The first kappa shape index (κ1) is 23.8. The van der Waals surface area contributed by atoms with E-state index >= 15 is 0 Å². The third-order valence-electron chi connectivity index (χ3n) is 8.14. The summed E-state index contributed by atoms with van der Waals surface area (Å²) in [5, 5.41) is 24.3. The molecule has 8 rings (SSSR count). The Morgan fingerprint density at radius 1 is 0.429 bits per heavy atom. The van der Waals surface area contributed by atoms with E-state index in [1.54, 1.807) is 6.07 Å². The van der Waals surface area contributed by atoms with Gasteiger partial charge in [0.1, 0.15) is 0 Å². The number of nitrogens with zero attached hydrogens (tertiary/aromatic N) is 4. The summed E-state index contributed by atoms with van der Waals surface area (Å²) in [6.45, 7) is 0. The van der Waals surface area contributed by atoms with Crippen LogP contribution in [0.2, 0.25) is 0 Å². The van der Waals surface area contributed by atoms with Crippen molar-refractivity contribution in [2.45, 2.75) is 0 Å². The molecule has 42 heavy (non-hydrogen) atoms. The Labute approximate surface area is 242 Å². The molecule has 2 aromatic heterocycles. The van der Waals surface area contributed by atoms with E-state index < -0.39 is 0 Å². The molecule has 0 fully saturated rings. The van der Waals surface area contributed by atoms with Crippen LogP contribution in [0.5, 0.6) is 0 Å². The molecule has 6 aromatic carbocycles. The lowest BCUT2D eigenvalue weighted by Crippen LogP contribution is -2.01. The van der Waals surface area contributed by atoms with Gasteiger partial charge in [0.05, 0.1) is 51.0 Å². The van der Waals surface area contributed by atoms with Crippen LogP contribution in [0.3, 0.4) is 0 Å². The molecule has 0 unspecified atom stereocenters. The minimum Gasteiger partial charge on any atom is -0.309 e. The Morgan fingerprint density at radius 2 is 0.857 bits per heavy atom. The van der Waals surface area contributed by atoms with Crippen molar-refractivity contribution in [3.8, 4) is 34.6 Å². The van der Waals surface area contributed by atoms with Crippen LogP contribution < -0.4 is 0 Å². The highest BCUT2D eigenvalue weighted by Crippen LogP contribution is 2.39. The molecule has 2 heterocycles. The van der Waals surface area contributed by atoms with Gasteiger partial charge in [0, 0.05) is 32.8 Å². The molecule has 0 N–H and O–H groups in total. The number of nitriles is 2. The standard InChI is InChI=1S/C38H22N4/c39-23-25-19-26(24-40)21-27(20-25)29-18-17-28(41-34-13-5-1-9-30(34)31-10-2-6-14-35(31)41)22-38(29)42-36-15-7-3-11-32(36)33-12-4-8-16-37(33)42/h1-22H. The number of hydrogen-bond donors (Lipinski definition) is 0. The molecule has 0 amide bonds. The van der Waals surface area contributed by atoms with Crippen LogP contribution in [0.1, 0.15) is 11.1 Å². The van der Waals surface area contributed by atoms with E-state index in [2.05, 4.69) is 137 Å². The quantitative estimate of drug-likeness (QED) is 0.227. The van der Waals surface area contributed by atoms with E-state index in [9.17, 15) is 10.5 Å². The molecular formula is C38H22N4. The molecule has 194 valence electrons. The van der Waals surface area contributed by atoms with Crippen LogP contribution in [-0.4, -0.2) is 9.13 Å². The number of fused-ring (bicyclic) bond motifs is 6. The van der Waals surface area contributed by atoms with Crippen LogP contribution in [0.25, 0.3) is 66.1 Å². The summed E-state index contributed by atoms with van der Waals surface area (Å²) in [4.78, 5) is 0. The van der Waals surface area contributed by atoms with Crippen molar-refractivity contribution in [1.82, 2.24) is 9.13 Å². The molecule has 0 aliphatic rings. The van der Waals surface area contributed by atoms with Crippen molar-refractivity contribution >= 4 is 43.6 Å². The average molecular weight is 535 g/mol. The van der Waals surface area contributed by atoms with Gasteiger partial charge in [0.15, 0.2) is 0 Å². The maximum atomic E-state index is 9.77. The van der Waals surface area contributed by atoms with Gasteiger partial charge >= 0.3 is 0 Å². The highest BCUT2D eigenvalue weighted by Gasteiger charge is 2.19. The van der Waals surface area contributed by atoms with Gasteiger partial charge in [-0.25, -0.2) is 0 Å². The van der Waals surface area contributed by atoms with Crippen molar-refractivity contribution in [1.29, 1.82) is 10.5 Å². The number of para-hydroxylation sites is 4. The second-order valence-electron chi connectivity index (χ2n) is 10.5. The predicted molar refractivity (Wildman–Crippen MR) is 170 cm³/mol. The van der Waals surface area contributed by atoms with Crippen molar-refractivity contribution in [3.05, 3.63) is 145 Å². The first-order valence-electron chi connectivity index (χ1n) is 13.8. The summed E-state index contributed by atoms with van der Waals surface area (Å²) in [7, 11) is 0. The first-order valence-corrected chi connectivity index (χ1v) is 13.8. The number of hydrogen-bond acceptors (Lipinski definition) is 2. The normalized spacial score (nSPS) is 11.3. The lowest BCUT2D eigenvalue weighted by molar-refractivity contribution is 1.13. The Bertz CT molecular complexity index is 2300. The average Bonchev–Trinajstić information content (AvgIpc) is 3.57. The van der Waals surface area contributed by atoms with E-state index in [4.69, 9.17) is 0 Å². The molecule has 0 atom stereocenters. The zero-order valence-electron chi connectivity index (χ0n) is 22.5. The van der Waals surface area contributed by atoms with Crippen molar-refractivity contribution in [3.63, 3.8) is 0 Å². The molecule has 0 spiro atoms. The van der Waals surface area contributed by atoms with Gasteiger partial charge in [0.2, 0.25) is 0 Å². The molecule has 0 aliphatic heterocycles. The maximum Gasteiger partial charge on any atom is 0.0992 e. The first-order chi connectivity index (χ1) is 20.7. The van der Waals surface area contributed by atoms with Crippen molar-refractivity contribution in [2.75, 3.05) is 0 Å². The minimum absolute atomic E-state index is 0.462. The van der Waals surface area contributed by atoms with Gasteiger partial charge in [-0.1, -0.05) is 78.9 Å². The lowest BCUT2D eigenvalue weighted by Gasteiger charge is -2.18. The summed E-state index contributed by atoms with van der Waals surface area (Å²) >= 11 is 0. The second kappa shape index (κ2) is 9.24. The Hall–Kier alpha value is -6.10. The zero-order chi connectivity index (χ0) is 28.2. The van der Waals surface area contributed by atoms with Gasteiger partial charge in [-0.2, -0.15) is 10.5 Å². The molecule has 4 nitrogen and oxygen atoms in total. The van der Waals surface area contributed by atoms with Crippen LogP contribution in [0.15, 0.2) is 133 Å². The van der Waals surface area contributed by atoms with E-state index in [0.29, 0.717) is 11.1 Å². The van der Waals surface area contributed by atoms with Crippen LogP contribution >= 0.6 is 0 Å². The maximum absolute atomic E-state index is 9.77. The summed E-state index contributed by atoms with van der Waals surface area (Å²) in [6, 6.07) is 50.3. The Kier molecular flexibility index (Phi) is 5.22. The summed E-state index contributed by atoms with van der Waals surface area (Å²) in [5.74, 6) is 0. The molecule has 0 saturated heterocycles. The minimum atomic E-state index is 0.462. The van der Waals surface area contributed by atoms with Gasteiger partial charge in [-0.05, 0) is 60.2 Å². The fourth-order valence-electron chi connectivity index (χ4n) is 6.38. The monoisotopic (exact) mass is 534 g/mol. The number of aromatic nitrogens is 2. The van der Waals surface area contributed by atoms with Gasteiger partial charge in [-0.15, -0.1) is 0 Å². The van der Waals surface area contributed by atoms with Gasteiger partial charge in [0.25, 0.3) is 0 Å². The summed E-state index contributed by atoms with van der Waals surface area (Å²) < 4.78 is 4.63. The molecule has 8 aromatic rings. The zero-order valence-corrected chi connectivity index (χ0v) is 22.5. The second-order valence-corrected chi connectivity index (χ2v) is 10.5. The topological polar surface area (TPSA) is 57.4 Å². The van der Waals surface area contributed by atoms with Crippen LogP contribution in [-0.2, 0) is 0 Å². The van der Waals surface area contributed by atoms with E-state index in [1.165, 1.54) is 21.5 Å². The molecule has 0 radical (unpaired) electrons. The fourth-order valence-corrected chi connectivity index (χ4v) is 6.38. The predicted octanol–water partition coefficient (Wildman–Crippen LogP) is 9.29. The summed E-state index contributed by atoms with van der Waals surface area (Å²) in [6.07, 6.45) is 0. The fraction of sp³-hybridized carbons (Fsp3) is 0. The smallest absolute Gasteiger partial charge is 0.0992 e. The molecule has 0 bridgehead atoms. The van der Waals surface area contributed by atoms with Crippen LogP contribution in [0, 0.1) is 22.7 Å². The third kappa shape index (κ3) is 3.47. The molecule has 0 saturated carbocycles. The SMILES string of the molecule is N#Cc1cc(C#N)cc(-c2ccc(-n3c4ccccc4c4ccccc43)cc2-n2c3ccccc3c3ccccc32)c1. The van der Waals surface area contributed by atoms with Gasteiger partial charge < -0.3 is 9.13 Å². The molecular weight excluding hydrogens is 512 g/mol. The Balaban J connectivity index is 1.52. The summed E-state index contributed by atoms with van der Waals surface area (Å²) in [5.41, 5.74) is 9.17. The number of benzene rings is 6.